The lowest BCUT2D eigenvalue weighted by Crippen LogP contribution is -2.49. The molecule has 1 fully saturated rings. The number of halogens is 1. The summed E-state index contributed by atoms with van der Waals surface area (Å²) in [6.07, 6.45) is 0.557. The quantitative estimate of drug-likeness (QED) is 0.729. The van der Waals surface area contributed by atoms with Gasteiger partial charge >= 0.3 is 5.97 Å². The van der Waals surface area contributed by atoms with Crippen molar-refractivity contribution < 1.29 is 18.8 Å². The Morgan fingerprint density at radius 3 is 2.67 bits per heavy atom. The van der Waals surface area contributed by atoms with Gasteiger partial charge in [0, 0.05) is 36.9 Å². The number of ether oxygens (including phenoxy) is 1. The topological polar surface area (TPSA) is 75.9 Å². The third-order valence-electron chi connectivity index (χ3n) is 4.60. The Bertz CT molecular complexity index is 828. The van der Waals surface area contributed by atoms with E-state index in [4.69, 9.17) is 20.9 Å². The largest absolute Gasteiger partial charge is 0.452 e. The highest BCUT2D eigenvalue weighted by molar-refractivity contribution is 6.30. The summed E-state index contributed by atoms with van der Waals surface area (Å²) < 4.78 is 10.2. The first-order valence-corrected chi connectivity index (χ1v) is 9.28. The molecule has 0 unspecified atom stereocenters. The smallest absolute Gasteiger partial charge is 0.344 e. The average molecular weight is 392 g/mol. The van der Waals surface area contributed by atoms with Crippen molar-refractivity contribution in [1.82, 2.24) is 10.1 Å². The number of esters is 1. The SMILES string of the molecule is CCc1noc(C)c1C(=O)OCC(=O)N1CCN(c2cccc(Cl)c2)CC1. The van der Waals surface area contributed by atoms with Crippen LogP contribution in [0.3, 0.4) is 0 Å². The summed E-state index contributed by atoms with van der Waals surface area (Å²) in [6.45, 7) is 5.77. The van der Waals surface area contributed by atoms with Crippen molar-refractivity contribution in [2.45, 2.75) is 20.3 Å². The highest BCUT2D eigenvalue weighted by atomic mass is 35.5. The van der Waals surface area contributed by atoms with Gasteiger partial charge in [-0.15, -0.1) is 0 Å². The first-order chi connectivity index (χ1) is 13.0. The number of rotatable bonds is 5. The Hall–Kier alpha value is -2.54. The van der Waals surface area contributed by atoms with Crippen molar-refractivity contribution in [2.75, 3.05) is 37.7 Å². The summed E-state index contributed by atoms with van der Waals surface area (Å²) >= 11 is 6.04. The molecule has 0 bridgehead atoms. The lowest BCUT2D eigenvalue weighted by Gasteiger charge is -2.36. The van der Waals surface area contributed by atoms with Crippen LogP contribution in [0.1, 0.15) is 28.7 Å². The van der Waals surface area contributed by atoms with Gasteiger partial charge in [0.05, 0.1) is 5.69 Å². The third-order valence-corrected chi connectivity index (χ3v) is 4.84. The molecule has 144 valence electrons. The van der Waals surface area contributed by atoms with Crippen molar-refractivity contribution in [1.29, 1.82) is 0 Å². The molecular weight excluding hydrogens is 370 g/mol. The molecule has 2 heterocycles. The first kappa shape index (κ1) is 19.2. The number of aromatic nitrogens is 1. The molecule has 1 aromatic heterocycles. The molecule has 1 saturated heterocycles. The zero-order valence-corrected chi connectivity index (χ0v) is 16.2. The monoisotopic (exact) mass is 391 g/mol. The fraction of sp³-hybridized carbons (Fsp3) is 0.421. The van der Waals surface area contributed by atoms with E-state index >= 15 is 0 Å². The maximum atomic E-state index is 12.4. The summed E-state index contributed by atoms with van der Waals surface area (Å²) in [5.74, 6) is -0.378. The minimum Gasteiger partial charge on any atom is -0.452 e. The summed E-state index contributed by atoms with van der Waals surface area (Å²) in [6, 6.07) is 7.65. The number of hydrogen-bond acceptors (Lipinski definition) is 6. The van der Waals surface area contributed by atoms with Crippen LogP contribution in [0.25, 0.3) is 0 Å². The second-order valence-corrected chi connectivity index (χ2v) is 6.77. The predicted octanol–water partition coefficient (Wildman–Crippen LogP) is 2.70. The number of benzene rings is 1. The highest BCUT2D eigenvalue weighted by Crippen LogP contribution is 2.21. The van der Waals surface area contributed by atoms with Crippen molar-refractivity contribution >= 4 is 29.2 Å². The standard InChI is InChI=1S/C19H22ClN3O4/c1-3-16-18(13(2)27-21-16)19(25)26-12-17(24)23-9-7-22(8-10-23)15-6-4-5-14(20)11-15/h4-6,11H,3,7-10,12H2,1-2H3. The number of piperazine rings is 1. The minimum atomic E-state index is -0.573. The van der Waals surface area contributed by atoms with Gasteiger partial charge in [-0.05, 0) is 31.5 Å². The predicted molar refractivity (Wildman–Crippen MR) is 101 cm³/mol. The number of hydrogen-bond donors (Lipinski definition) is 0. The van der Waals surface area contributed by atoms with E-state index < -0.39 is 5.97 Å². The molecule has 1 aromatic carbocycles. The van der Waals surface area contributed by atoms with E-state index in [1.54, 1.807) is 11.8 Å². The molecule has 1 amide bonds. The first-order valence-electron chi connectivity index (χ1n) is 8.90. The highest BCUT2D eigenvalue weighted by Gasteiger charge is 2.25. The van der Waals surface area contributed by atoms with E-state index in [9.17, 15) is 9.59 Å². The zero-order valence-electron chi connectivity index (χ0n) is 15.4. The number of nitrogens with zero attached hydrogens (tertiary/aromatic N) is 3. The second kappa shape index (κ2) is 8.43. The second-order valence-electron chi connectivity index (χ2n) is 6.34. The van der Waals surface area contributed by atoms with Crippen molar-refractivity contribution in [3.05, 3.63) is 46.3 Å². The molecule has 0 aliphatic carbocycles. The van der Waals surface area contributed by atoms with Gasteiger partial charge in [0.15, 0.2) is 6.61 Å². The fourth-order valence-electron chi connectivity index (χ4n) is 3.10. The van der Waals surface area contributed by atoms with Crippen molar-refractivity contribution in [3.63, 3.8) is 0 Å². The lowest BCUT2D eigenvalue weighted by molar-refractivity contribution is -0.134. The summed E-state index contributed by atoms with van der Waals surface area (Å²) in [5.41, 5.74) is 1.90. The van der Waals surface area contributed by atoms with Crippen LogP contribution in [-0.2, 0) is 16.0 Å². The van der Waals surface area contributed by atoms with E-state index in [1.165, 1.54) is 0 Å². The zero-order chi connectivity index (χ0) is 19.4. The van der Waals surface area contributed by atoms with Crippen LogP contribution < -0.4 is 4.90 Å². The Morgan fingerprint density at radius 2 is 2.00 bits per heavy atom. The average Bonchev–Trinajstić information content (AvgIpc) is 3.06. The summed E-state index contributed by atoms with van der Waals surface area (Å²) in [5, 5.41) is 4.52. The van der Waals surface area contributed by atoms with Crippen LogP contribution in [0.4, 0.5) is 5.69 Å². The molecule has 1 aliphatic rings. The Morgan fingerprint density at radius 1 is 1.26 bits per heavy atom. The van der Waals surface area contributed by atoms with Gasteiger partial charge in [-0.25, -0.2) is 4.79 Å². The van der Waals surface area contributed by atoms with E-state index in [0.29, 0.717) is 54.6 Å². The number of carbonyl (C=O) groups is 2. The number of aryl methyl sites for hydroxylation is 2. The molecule has 7 nitrogen and oxygen atoms in total. The van der Waals surface area contributed by atoms with E-state index in [-0.39, 0.29) is 12.5 Å². The molecule has 8 heteroatoms. The molecule has 3 rings (SSSR count). The number of amides is 1. The maximum Gasteiger partial charge on any atom is 0.344 e. The van der Waals surface area contributed by atoms with Crippen LogP contribution in [-0.4, -0.2) is 54.7 Å². The molecule has 0 N–H and O–H groups in total. The van der Waals surface area contributed by atoms with Crippen LogP contribution in [0.2, 0.25) is 5.02 Å². The Labute approximate surface area is 162 Å². The molecule has 0 saturated carbocycles. The Kier molecular flexibility index (Phi) is 6.01. The maximum absolute atomic E-state index is 12.4. The minimum absolute atomic E-state index is 0.207. The van der Waals surface area contributed by atoms with Crippen LogP contribution >= 0.6 is 11.6 Å². The normalized spacial score (nSPS) is 14.3. The molecule has 2 aromatic rings. The molecular formula is C19H22ClN3O4. The van der Waals surface area contributed by atoms with Crippen LogP contribution in [0, 0.1) is 6.92 Å². The van der Waals surface area contributed by atoms with Gasteiger partial charge in [0.2, 0.25) is 0 Å². The van der Waals surface area contributed by atoms with Gasteiger partial charge in [-0.1, -0.05) is 29.7 Å². The van der Waals surface area contributed by atoms with Gasteiger partial charge in [-0.2, -0.15) is 0 Å². The fourth-order valence-corrected chi connectivity index (χ4v) is 3.28. The third kappa shape index (κ3) is 4.42. The molecule has 0 radical (unpaired) electrons. The molecule has 27 heavy (non-hydrogen) atoms. The van der Waals surface area contributed by atoms with Gasteiger partial charge in [0.1, 0.15) is 11.3 Å². The number of anilines is 1. The molecule has 1 aliphatic heterocycles. The Balaban J connectivity index is 1.51. The van der Waals surface area contributed by atoms with Crippen LogP contribution in [0.5, 0.6) is 0 Å². The number of carbonyl (C=O) groups excluding carboxylic acids is 2. The molecule has 0 spiro atoms. The van der Waals surface area contributed by atoms with Crippen molar-refractivity contribution in [2.24, 2.45) is 0 Å². The van der Waals surface area contributed by atoms with Crippen molar-refractivity contribution in [3.8, 4) is 0 Å². The van der Waals surface area contributed by atoms with Crippen LogP contribution in [0.15, 0.2) is 28.8 Å². The van der Waals surface area contributed by atoms with Gasteiger partial charge in [-0.3, -0.25) is 4.79 Å². The lowest BCUT2D eigenvalue weighted by atomic mass is 10.1. The summed E-state index contributed by atoms with van der Waals surface area (Å²) in [4.78, 5) is 28.5. The van der Waals surface area contributed by atoms with E-state index in [0.717, 1.165) is 5.69 Å². The summed E-state index contributed by atoms with van der Waals surface area (Å²) in [7, 11) is 0. The molecule has 0 atom stereocenters. The van der Waals surface area contributed by atoms with E-state index in [2.05, 4.69) is 10.1 Å². The van der Waals surface area contributed by atoms with Gasteiger partial charge in [0.25, 0.3) is 5.91 Å². The van der Waals surface area contributed by atoms with E-state index in [1.807, 2.05) is 31.2 Å². The van der Waals surface area contributed by atoms with Gasteiger partial charge < -0.3 is 19.1 Å².